The number of phenols is 1. The van der Waals surface area contributed by atoms with E-state index in [1.807, 2.05) is 0 Å². The smallest absolute Gasteiger partial charge is 0.271 e. The molecule has 7 nitrogen and oxygen atoms in total. The van der Waals surface area contributed by atoms with Crippen molar-refractivity contribution in [3.8, 4) is 5.75 Å². The van der Waals surface area contributed by atoms with Crippen LogP contribution < -0.4 is 10.9 Å². The maximum atomic E-state index is 12.0. The Labute approximate surface area is 158 Å². The zero-order chi connectivity index (χ0) is 19.1. The van der Waals surface area contributed by atoms with Gasteiger partial charge in [0.1, 0.15) is 5.75 Å². The summed E-state index contributed by atoms with van der Waals surface area (Å²) >= 11 is 11.6. The van der Waals surface area contributed by atoms with Crippen LogP contribution in [-0.2, 0) is 4.79 Å². The van der Waals surface area contributed by atoms with Crippen LogP contribution in [0.15, 0.2) is 47.6 Å². The number of carbonyl (C=O) groups is 2. The number of hydroxylamine groups is 1. The molecule has 0 aliphatic heterocycles. The van der Waals surface area contributed by atoms with Gasteiger partial charge in [-0.3, -0.25) is 14.8 Å². The van der Waals surface area contributed by atoms with Gasteiger partial charge in [0.05, 0.1) is 11.2 Å². The molecule has 134 valence electrons. The first-order chi connectivity index (χ1) is 12.4. The number of rotatable bonds is 5. The fourth-order valence-corrected chi connectivity index (χ4v) is 2.37. The quantitative estimate of drug-likeness (QED) is 0.270. The second-order valence-electron chi connectivity index (χ2n) is 4.96. The molecule has 0 aliphatic carbocycles. The number of nitrogens with zero attached hydrogens (tertiary/aromatic N) is 1. The molecule has 0 bridgehead atoms. The predicted molar refractivity (Wildman–Crippen MR) is 98.6 cm³/mol. The van der Waals surface area contributed by atoms with Crippen molar-refractivity contribution in [1.29, 1.82) is 0 Å². The van der Waals surface area contributed by atoms with Crippen LogP contribution in [0, 0.1) is 0 Å². The Hall–Kier alpha value is -2.87. The van der Waals surface area contributed by atoms with Crippen molar-refractivity contribution in [2.45, 2.75) is 0 Å². The summed E-state index contributed by atoms with van der Waals surface area (Å²) in [4.78, 5) is 22.9. The molecule has 0 atom stereocenters. The van der Waals surface area contributed by atoms with E-state index >= 15 is 0 Å². The summed E-state index contributed by atoms with van der Waals surface area (Å²) in [6, 6.07) is 9.13. The maximum absolute atomic E-state index is 12.0. The maximum Gasteiger partial charge on any atom is 0.271 e. The summed E-state index contributed by atoms with van der Waals surface area (Å²) in [5, 5.41) is 22.3. The van der Waals surface area contributed by atoms with Gasteiger partial charge in [-0.15, -0.1) is 0 Å². The number of amides is 2. The number of hydrogen-bond donors (Lipinski definition) is 4. The molecule has 0 radical (unpaired) electrons. The zero-order valence-corrected chi connectivity index (χ0v) is 14.6. The van der Waals surface area contributed by atoms with E-state index in [2.05, 4.69) is 10.5 Å². The number of aromatic hydroxyl groups is 1. The number of hydrogen-bond acceptors (Lipinski definition) is 5. The van der Waals surface area contributed by atoms with Gasteiger partial charge in [-0.2, -0.15) is 5.10 Å². The van der Waals surface area contributed by atoms with E-state index in [0.717, 1.165) is 6.08 Å². The highest BCUT2D eigenvalue weighted by molar-refractivity contribution is 6.36. The number of benzene rings is 2. The van der Waals surface area contributed by atoms with Crippen molar-refractivity contribution in [3.63, 3.8) is 0 Å². The van der Waals surface area contributed by atoms with Crippen LogP contribution in [0.4, 0.5) is 0 Å². The molecule has 0 fully saturated rings. The average molecular weight is 394 g/mol. The standard InChI is InChI=1S/C17H13Cl2N3O4/c18-13-7-12(16(24)14(19)8-13)9-20-21-17(25)11-4-1-10(2-5-11)3-6-15(23)22-26/h1-9,24,26H,(H,21,25)(H,22,23). The van der Waals surface area contributed by atoms with Gasteiger partial charge in [0.2, 0.25) is 0 Å². The summed E-state index contributed by atoms with van der Waals surface area (Å²) < 4.78 is 0. The Bertz CT molecular complexity index is 880. The third-order valence-corrected chi connectivity index (χ3v) is 3.64. The molecule has 2 aromatic carbocycles. The van der Waals surface area contributed by atoms with Gasteiger partial charge in [-0.25, -0.2) is 10.9 Å². The van der Waals surface area contributed by atoms with E-state index in [4.69, 9.17) is 28.4 Å². The van der Waals surface area contributed by atoms with E-state index in [1.165, 1.54) is 42.0 Å². The van der Waals surface area contributed by atoms with Gasteiger partial charge in [0.25, 0.3) is 11.8 Å². The summed E-state index contributed by atoms with van der Waals surface area (Å²) in [5.74, 6) is -1.33. The average Bonchev–Trinajstić information content (AvgIpc) is 2.63. The van der Waals surface area contributed by atoms with Crippen LogP contribution in [0.1, 0.15) is 21.5 Å². The van der Waals surface area contributed by atoms with Gasteiger partial charge in [0, 0.05) is 22.2 Å². The van der Waals surface area contributed by atoms with Crippen LogP contribution >= 0.6 is 23.2 Å². The van der Waals surface area contributed by atoms with Crippen molar-refractivity contribution in [2.24, 2.45) is 5.10 Å². The lowest BCUT2D eigenvalue weighted by Gasteiger charge is -2.03. The van der Waals surface area contributed by atoms with Crippen LogP contribution in [0.3, 0.4) is 0 Å². The summed E-state index contributed by atoms with van der Waals surface area (Å²) in [7, 11) is 0. The van der Waals surface area contributed by atoms with Crippen LogP contribution in [-0.4, -0.2) is 28.3 Å². The Kier molecular flexibility index (Phi) is 6.74. The topological polar surface area (TPSA) is 111 Å². The summed E-state index contributed by atoms with van der Waals surface area (Å²) in [5.41, 5.74) is 5.03. The van der Waals surface area contributed by atoms with Gasteiger partial charge >= 0.3 is 0 Å². The molecule has 0 saturated heterocycles. The van der Waals surface area contributed by atoms with E-state index in [-0.39, 0.29) is 16.3 Å². The molecule has 0 aliphatic rings. The second-order valence-corrected chi connectivity index (χ2v) is 5.80. The van der Waals surface area contributed by atoms with Crippen molar-refractivity contribution >= 4 is 47.3 Å². The monoisotopic (exact) mass is 393 g/mol. The number of nitrogens with one attached hydrogen (secondary N) is 2. The fourth-order valence-electron chi connectivity index (χ4n) is 1.86. The Morgan fingerprint density at radius 1 is 1.12 bits per heavy atom. The molecule has 0 aromatic heterocycles. The van der Waals surface area contributed by atoms with E-state index in [1.54, 1.807) is 12.1 Å². The lowest BCUT2D eigenvalue weighted by atomic mass is 10.1. The van der Waals surface area contributed by atoms with Gasteiger partial charge in [-0.05, 0) is 35.9 Å². The fraction of sp³-hybridized carbons (Fsp3) is 0. The lowest BCUT2D eigenvalue weighted by molar-refractivity contribution is -0.124. The molecule has 9 heteroatoms. The highest BCUT2D eigenvalue weighted by Crippen LogP contribution is 2.29. The molecule has 0 saturated carbocycles. The zero-order valence-electron chi connectivity index (χ0n) is 13.1. The van der Waals surface area contributed by atoms with Crippen molar-refractivity contribution in [1.82, 2.24) is 10.9 Å². The minimum absolute atomic E-state index is 0.0730. The van der Waals surface area contributed by atoms with Crippen molar-refractivity contribution < 1.29 is 19.9 Å². The van der Waals surface area contributed by atoms with E-state index in [0.29, 0.717) is 16.1 Å². The van der Waals surface area contributed by atoms with Crippen molar-refractivity contribution in [2.75, 3.05) is 0 Å². The molecule has 4 N–H and O–H groups in total. The largest absolute Gasteiger partial charge is 0.506 e. The molecule has 26 heavy (non-hydrogen) atoms. The van der Waals surface area contributed by atoms with Crippen LogP contribution in [0.2, 0.25) is 10.0 Å². The highest BCUT2D eigenvalue weighted by Gasteiger charge is 2.07. The minimum Gasteiger partial charge on any atom is -0.506 e. The first kappa shape index (κ1) is 19.5. The Morgan fingerprint density at radius 3 is 2.46 bits per heavy atom. The molecule has 2 amide bonds. The molecule has 0 unspecified atom stereocenters. The Morgan fingerprint density at radius 2 is 1.81 bits per heavy atom. The van der Waals surface area contributed by atoms with Crippen molar-refractivity contribution in [3.05, 3.63) is 69.2 Å². The molecular weight excluding hydrogens is 381 g/mol. The summed E-state index contributed by atoms with van der Waals surface area (Å²) in [6.45, 7) is 0. The molecule has 0 spiro atoms. The summed E-state index contributed by atoms with van der Waals surface area (Å²) in [6.07, 6.45) is 3.83. The van der Waals surface area contributed by atoms with Gasteiger partial charge < -0.3 is 5.11 Å². The third kappa shape index (κ3) is 5.32. The van der Waals surface area contributed by atoms with E-state index < -0.39 is 11.8 Å². The normalized spacial score (nSPS) is 11.0. The van der Waals surface area contributed by atoms with Gasteiger partial charge in [-0.1, -0.05) is 35.3 Å². The first-order valence-corrected chi connectivity index (χ1v) is 7.90. The second kappa shape index (κ2) is 9.00. The SMILES string of the molecule is O=C(C=Cc1ccc(C(=O)NN=Cc2cc(Cl)cc(Cl)c2O)cc1)NO. The number of carbonyl (C=O) groups excluding carboxylic acids is 2. The first-order valence-electron chi connectivity index (χ1n) is 7.14. The number of halogens is 2. The minimum atomic E-state index is -0.662. The third-order valence-electron chi connectivity index (χ3n) is 3.14. The number of phenolic OH excluding ortho intramolecular Hbond substituents is 1. The molecule has 0 heterocycles. The van der Waals surface area contributed by atoms with E-state index in [9.17, 15) is 14.7 Å². The van der Waals surface area contributed by atoms with Crippen LogP contribution in [0.25, 0.3) is 6.08 Å². The lowest BCUT2D eigenvalue weighted by Crippen LogP contribution is -2.17. The van der Waals surface area contributed by atoms with Gasteiger partial charge in [0.15, 0.2) is 0 Å². The number of hydrazone groups is 1. The molecule has 2 aromatic rings. The van der Waals surface area contributed by atoms with Crippen LogP contribution in [0.5, 0.6) is 5.75 Å². The predicted octanol–water partition coefficient (Wildman–Crippen LogP) is 2.98. The molecular formula is C17H13Cl2N3O4. The molecule has 2 rings (SSSR count). The Balaban J connectivity index is 2.02. The highest BCUT2D eigenvalue weighted by atomic mass is 35.5.